The molecule has 0 saturated heterocycles. The van der Waals surface area contributed by atoms with Crippen LogP contribution in [-0.4, -0.2) is 38.6 Å². The highest BCUT2D eigenvalue weighted by atomic mass is 35.5. The van der Waals surface area contributed by atoms with Crippen molar-refractivity contribution < 1.29 is 4.74 Å². The van der Waals surface area contributed by atoms with Crippen molar-refractivity contribution in [3.63, 3.8) is 0 Å². The maximum atomic E-state index is 12.2. The van der Waals surface area contributed by atoms with Crippen molar-refractivity contribution in [3.05, 3.63) is 64.6 Å². The van der Waals surface area contributed by atoms with Crippen LogP contribution >= 0.6 is 23.2 Å². The minimum Gasteiger partial charge on any atom is -0.434 e. The number of hydrogen-bond acceptors (Lipinski definition) is 8. The maximum absolute atomic E-state index is 12.2. The summed E-state index contributed by atoms with van der Waals surface area (Å²) in [5.41, 5.74) is -1.39. The van der Waals surface area contributed by atoms with Crippen LogP contribution in [0, 0.1) is 11.3 Å². The number of nitrogens with one attached hydrogen (secondary N) is 2. The number of nitrogens with zero attached hydrogens (tertiary/aromatic N) is 5. The van der Waals surface area contributed by atoms with Crippen LogP contribution in [0.3, 0.4) is 0 Å². The van der Waals surface area contributed by atoms with Gasteiger partial charge in [-0.1, -0.05) is 23.2 Å². The molecule has 0 radical (unpaired) electrons. The molecule has 0 spiro atoms. The van der Waals surface area contributed by atoms with Gasteiger partial charge < -0.3 is 9.64 Å². The molecule has 31 heavy (non-hydrogen) atoms. The summed E-state index contributed by atoms with van der Waals surface area (Å²) in [7, 11) is 1.80. The Balaban J connectivity index is 1.78. The standard InChI is InChI=1S/C18H13Cl2N7O4/c1-26-4-2-3-9-13(26)16(29)23-24-17(9)31-14-10(19)5-8(6-11(14)20)27-18(30)22-15(28)12(7-21)25-27/h5-6H,2-4H2,1H3,(H,23,29)(H,22,28,30). The fraction of sp³-hybridized carbons (Fsp3) is 0.222. The van der Waals surface area contributed by atoms with E-state index in [-0.39, 0.29) is 32.9 Å². The van der Waals surface area contributed by atoms with Crippen molar-refractivity contribution in [1.29, 1.82) is 5.26 Å². The monoisotopic (exact) mass is 461 g/mol. The summed E-state index contributed by atoms with van der Waals surface area (Å²) in [5.74, 6) is 0.212. The van der Waals surface area contributed by atoms with Crippen LogP contribution < -0.4 is 26.4 Å². The minimum absolute atomic E-state index is 0.0202. The first-order valence-corrected chi connectivity index (χ1v) is 9.69. The Morgan fingerprint density at radius 2 is 1.90 bits per heavy atom. The number of nitriles is 1. The van der Waals surface area contributed by atoms with Gasteiger partial charge in [-0.2, -0.15) is 9.94 Å². The van der Waals surface area contributed by atoms with Crippen LogP contribution in [0.1, 0.15) is 17.7 Å². The van der Waals surface area contributed by atoms with E-state index in [0.717, 1.165) is 17.6 Å². The topological polar surface area (TPSA) is 150 Å². The van der Waals surface area contributed by atoms with E-state index in [9.17, 15) is 14.4 Å². The zero-order valence-corrected chi connectivity index (χ0v) is 17.4. The number of halogens is 2. The summed E-state index contributed by atoms with van der Waals surface area (Å²) in [6.45, 7) is 0.724. The van der Waals surface area contributed by atoms with Crippen molar-refractivity contribution in [1.82, 2.24) is 25.0 Å². The summed E-state index contributed by atoms with van der Waals surface area (Å²) in [5, 5.41) is 19.1. The average molecular weight is 462 g/mol. The van der Waals surface area contributed by atoms with Crippen molar-refractivity contribution in [2.75, 3.05) is 18.5 Å². The number of anilines is 1. The van der Waals surface area contributed by atoms with Crippen molar-refractivity contribution >= 4 is 28.9 Å². The number of hydrogen-bond donors (Lipinski definition) is 2. The molecular weight excluding hydrogens is 449 g/mol. The van der Waals surface area contributed by atoms with Crippen LogP contribution in [-0.2, 0) is 6.42 Å². The van der Waals surface area contributed by atoms with Gasteiger partial charge in [0, 0.05) is 19.2 Å². The SMILES string of the molecule is CN1CCCc2c(Oc3c(Cl)cc(-n4nc(C#N)c(=O)[nH]c4=O)cc3Cl)n[nH]c(=O)c21. The third kappa shape index (κ3) is 3.67. The van der Waals surface area contributed by atoms with Crippen LogP contribution in [0.5, 0.6) is 11.6 Å². The molecule has 0 fully saturated rings. The fourth-order valence-electron chi connectivity index (χ4n) is 3.29. The normalized spacial score (nSPS) is 12.9. The molecule has 2 N–H and O–H groups in total. The Labute approximate surface area is 183 Å². The van der Waals surface area contributed by atoms with Crippen LogP contribution in [0.2, 0.25) is 10.0 Å². The molecule has 0 saturated carbocycles. The van der Waals surface area contributed by atoms with Gasteiger partial charge in [0.25, 0.3) is 11.1 Å². The molecule has 0 aliphatic carbocycles. The summed E-state index contributed by atoms with van der Waals surface area (Å²) in [6.07, 6.45) is 1.40. The van der Waals surface area contributed by atoms with Crippen molar-refractivity contribution in [3.8, 4) is 23.4 Å². The minimum atomic E-state index is -0.903. The number of aromatic nitrogens is 5. The van der Waals surface area contributed by atoms with Gasteiger partial charge in [-0.25, -0.2) is 9.89 Å². The van der Waals surface area contributed by atoms with E-state index in [4.69, 9.17) is 33.2 Å². The Hall–Kier alpha value is -3.62. The molecule has 0 bridgehead atoms. The molecule has 13 heteroatoms. The second-order valence-electron chi connectivity index (χ2n) is 6.68. The zero-order valence-electron chi connectivity index (χ0n) is 15.9. The Morgan fingerprint density at radius 1 is 1.19 bits per heavy atom. The molecule has 0 atom stereocenters. The van der Waals surface area contributed by atoms with E-state index in [0.29, 0.717) is 17.7 Å². The first kappa shape index (κ1) is 20.6. The lowest BCUT2D eigenvalue weighted by atomic mass is 10.1. The maximum Gasteiger partial charge on any atom is 0.349 e. The first-order chi connectivity index (χ1) is 14.8. The lowest BCUT2D eigenvalue weighted by molar-refractivity contribution is 0.444. The molecule has 3 heterocycles. The van der Waals surface area contributed by atoms with Gasteiger partial charge in [-0.3, -0.25) is 14.6 Å². The van der Waals surface area contributed by atoms with E-state index in [2.05, 4.69) is 15.3 Å². The van der Waals surface area contributed by atoms with Gasteiger partial charge in [0.05, 0.1) is 15.7 Å². The molecule has 1 aromatic carbocycles. The predicted octanol–water partition coefficient (Wildman–Crippen LogP) is 1.36. The molecule has 3 aromatic rings. The van der Waals surface area contributed by atoms with Gasteiger partial charge in [-0.15, -0.1) is 10.2 Å². The number of fused-ring (bicyclic) bond motifs is 1. The number of H-pyrrole nitrogens is 2. The van der Waals surface area contributed by atoms with Crippen molar-refractivity contribution in [2.24, 2.45) is 0 Å². The van der Waals surface area contributed by atoms with Gasteiger partial charge >= 0.3 is 5.69 Å². The number of rotatable bonds is 3. The number of benzene rings is 1. The summed E-state index contributed by atoms with van der Waals surface area (Å²) >= 11 is 12.7. The van der Waals surface area contributed by atoms with E-state index in [1.165, 1.54) is 12.1 Å². The molecule has 4 rings (SSSR count). The Kier molecular flexibility index (Phi) is 5.26. The van der Waals surface area contributed by atoms with Gasteiger partial charge in [-0.05, 0) is 25.0 Å². The third-order valence-electron chi connectivity index (χ3n) is 4.68. The Morgan fingerprint density at radius 3 is 2.58 bits per heavy atom. The molecular formula is C18H13Cl2N7O4. The summed E-state index contributed by atoms with van der Waals surface area (Å²) < 4.78 is 6.63. The van der Waals surface area contributed by atoms with Gasteiger partial charge in [0.15, 0.2) is 5.75 Å². The van der Waals surface area contributed by atoms with E-state index < -0.39 is 16.9 Å². The highest BCUT2D eigenvalue weighted by molar-refractivity contribution is 6.37. The Bertz CT molecular complexity index is 1400. The largest absolute Gasteiger partial charge is 0.434 e. The third-order valence-corrected chi connectivity index (χ3v) is 5.24. The number of ether oxygens (including phenoxy) is 1. The first-order valence-electron chi connectivity index (χ1n) is 8.94. The molecule has 158 valence electrons. The van der Waals surface area contributed by atoms with Crippen LogP contribution in [0.15, 0.2) is 26.5 Å². The van der Waals surface area contributed by atoms with E-state index >= 15 is 0 Å². The van der Waals surface area contributed by atoms with Crippen LogP contribution in [0.4, 0.5) is 5.69 Å². The van der Waals surface area contributed by atoms with Gasteiger partial charge in [0.1, 0.15) is 11.8 Å². The van der Waals surface area contributed by atoms with E-state index in [1.54, 1.807) is 13.1 Å². The molecule has 2 aromatic heterocycles. The number of aromatic amines is 2. The van der Waals surface area contributed by atoms with Crippen molar-refractivity contribution in [2.45, 2.75) is 12.8 Å². The summed E-state index contributed by atoms with van der Waals surface area (Å²) in [6, 6.07) is 4.26. The molecule has 0 unspecified atom stereocenters. The highest BCUT2D eigenvalue weighted by Gasteiger charge is 2.24. The smallest absolute Gasteiger partial charge is 0.349 e. The second-order valence-corrected chi connectivity index (χ2v) is 7.50. The average Bonchev–Trinajstić information content (AvgIpc) is 2.72. The molecule has 1 aliphatic rings. The molecule has 0 amide bonds. The van der Waals surface area contributed by atoms with E-state index in [1.807, 2.05) is 9.88 Å². The zero-order chi connectivity index (χ0) is 22.3. The highest BCUT2D eigenvalue weighted by Crippen LogP contribution is 2.39. The van der Waals surface area contributed by atoms with Crippen LogP contribution in [0.25, 0.3) is 5.69 Å². The lowest BCUT2D eigenvalue weighted by Crippen LogP contribution is -2.33. The second kappa shape index (κ2) is 7.90. The molecule has 11 nitrogen and oxygen atoms in total. The van der Waals surface area contributed by atoms with Gasteiger partial charge in [0.2, 0.25) is 11.6 Å². The quantitative estimate of drug-likeness (QED) is 0.593. The fourth-order valence-corrected chi connectivity index (χ4v) is 3.84. The lowest BCUT2D eigenvalue weighted by Gasteiger charge is -2.27. The summed E-state index contributed by atoms with van der Waals surface area (Å²) in [4.78, 5) is 39.6. The molecule has 1 aliphatic heterocycles. The predicted molar refractivity (Wildman–Crippen MR) is 112 cm³/mol.